The summed E-state index contributed by atoms with van der Waals surface area (Å²) < 4.78 is 7.50. The number of aromatic nitrogens is 1. The molecular weight excluding hydrogens is 250 g/mol. The Kier molecular flexibility index (Phi) is 5.33. The lowest BCUT2D eigenvalue weighted by Crippen LogP contribution is -2.25. The number of hydrogen-bond acceptors (Lipinski definition) is 2. The average Bonchev–Trinajstić information content (AvgIpc) is 2.48. The molecule has 0 atom stereocenters. The van der Waals surface area contributed by atoms with Crippen LogP contribution in [0.15, 0.2) is 48.8 Å². The van der Waals surface area contributed by atoms with Crippen molar-refractivity contribution in [3.63, 3.8) is 0 Å². The molecule has 1 aromatic carbocycles. The normalized spacial score (nSPS) is 10.9. The molecule has 1 N–H and O–H groups in total. The molecule has 0 unspecified atom stereocenters. The fourth-order valence-corrected chi connectivity index (χ4v) is 1.75. The molecule has 0 amide bonds. The van der Waals surface area contributed by atoms with Gasteiger partial charge in [-0.3, -0.25) is 0 Å². The van der Waals surface area contributed by atoms with Crippen LogP contribution in [0.25, 0.3) is 12.2 Å². The highest BCUT2D eigenvalue weighted by atomic mass is 16.5. The van der Waals surface area contributed by atoms with E-state index in [-0.39, 0.29) is 6.61 Å². The van der Waals surface area contributed by atoms with Crippen molar-refractivity contribution < 1.29 is 14.4 Å². The van der Waals surface area contributed by atoms with Crippen molar-refractivity contribution in [1.29, 1.82) is 0 Å². The highest BCUT2D eigenvalue weighted by Gasteiger charge is 1.94. The van der Waals surface area contributed by atoms with Gasteiger partial charge in [-0.2, -0.15) is 0 Å². The predicted molar refractivity (Wildman–Crippen MR) is 80.2 cm³/mol. The van der Waals surface area contributed by atoms with Crippen LogP contribution in [-0.4, -0.2) is 18.3 Å². The zero-order valence-electron chi connectivity index (χ0n) is 11.7. The van der Waals surface area contributed by atoms with Crippen molar-refractivity contribution in [3.05, 3.63) is 59.9 Å². The maximum absolute atomic E-state index is 8.69. The SMILES string of the molecule is C[n+]1ccc(/C=C/c2ccc(OCCCO)cc2)cc1. The van der Waals surface area contributed by atoms with Crippen LogP contribution in [0, 0.1) is 0 Å². The van der Waals surface area contributed by atoms with Crippen molar-refractivity contribution in [1.82, 2.24) is 0 Å². The van der Waals surface area contributed by atoms with Gasteiger partial charge in [-0.25, -0.2) is 4.57 Å². The number of aryl methyl sites for hydroxylation is 1. The van der Waals surface area contributed by atoms with Gasteiger partial charge >= 0.3 is 0 Å². The Hall–Kier alpha value is -2.13. The molecule has 0 fully saturated rings. The first-order valence-electron chi connectivity index (χ1n) is 6.75. The Bertz CT molecular complexity index is 544. The van der Waals surface area contributed by atoms with Gasteiger partial charge < -0.3 is 9.84 Å². The predicted octanol–water partition coefficient (Wildman–Crippen LogP) is 2.44. The Balaban J connectivity index is 1.94. The second-order valence-electron chi connectivity index (χ2n) is 4.62. The van der Waals surface area contributed by atoms with Gasteiger partial charge in [0.2, 0.25) is 0 Å². The van der Waals surface area contributed by atoms with E-state index in [9.17, 15) is 0 Å². The van der Waals surface area contributed by atoms with E-state index in [1.165, 1.54) is 5.56 Å². The first-order valence-corrected chi connectivity index (χ1v) is 6.75. The molecule has 1 heterocycles. The molecule has 0 aliphatic rings. The standard InChI is InChI=1S/C17H20NO2/c1-18-11-9-16(10-12-18)4-3-15-5-7-17(8-6-15)20-14-2-13-19/h3-12,19H,2,13-14H2,1H3/q+1/b4-3+. The monoisotopic (exact) mass is 270 g/mol. The maximum Gasteiger partial charge on any atom is 0.169 e. The van der Waals surface area contributed by atoms with Crippen LogP contribution in [0.5, 0.6) is 5.75 Å². The van der Waals surface area contributed by atoms with Gasteiger partial charge in [0.05, 0.1) is 6.61 Å². The van der Waals surface area contributed by atoms with E-state index in [4.69, 9.17) is 9.84 Å². The van der Waals surface area contributed by atoms with Crippen LogP contribution in [-0.2, 0) is 7.05 Å². The smallest absolute Gasteiger partial charge is 0.169 e. The zero-order valence-corrected chi connectivity index (χ0v) is 11.7. The number of rotatable bonds is 6. The van der Waals surface area contributed by atoms with E-state index in [2.05, 4.69) is 24.3 Å². The maximum atomic E-state index is 8.69. The molecule has 20 heavy (non-hydrogen) atoms. The largest absolute Gasteiger partial charge is 0.494 e. The summed E-state index contributed by atoms with van der Waals surface area (Å²) in [6.07, 6.45) is 8.87. The molecule has 0 saturated carbocycles. The second kappa shape index (κ2) is 7.46. The summed E-state index contributed by atoms with van der Waals surface area (Å²) in [6.45, 7) is 0.711. The lowest BCUT2D eigenvalue weighted by molar-refractivity contribution is -0.671. The third-order valence-electron chi connectivity index (χ3n) is 2.92. The summed E-state index contributed by atoms with van der Waals surface area (Å²) in [5.74, 6) is 0.835. The minimum Gasteiger partial charge on any atom is -0.494 e. The summed E-state index contributed by atoms with van der Waals surface area (Å²) in [7, 11) is 2.00. The van der Waals surface area contributed by atoms with Crippen molar-refractivity contribution in [2.75, 3.05) is 13.2 Å². The van der Waals surface area contributed by atoms with E-state index in [0.717, 1.165) is 11.3 Å². The Morgan fingerprint density at radius 2 is 1.60 bits per heavy atom. The first-order chi connectivity index (χ1) is 9.78. The molecule has 0 spiro atoms. The summed E-state index contributed by atoms with van der Waals surface area (Å²) in [5.41, 5.74) is 2.30. The fourth-order valence-electron chi connectivity index (χ4n) is 1.75. The molecule has 2 aromatic rings. The van der Waals surface area contributed by atoms with Crippen LogP contribution in [0.3, 0.4) is 0 Å². The molecule has 3 nitrogen and oxygen atoms in total. The summed E-state index contributed by atoms with van der Waals surface area (Å²) >= 11 is 0. The van der Waals surface area contributed by atoms with Crippen LogP contribution in [0.1, 0.15) is 17.5 Å². The lowest BCUT2D eigenvalue weighted by atomic mass is 10.1. The first kappa shape index (κ1) is 14.3. The Morgan fingerprint density at radius 3 is 2.20 bits per heavy atom. The quantitative estimate of drug-likeness (QED) is 0.646. The third kappa shape index (κ3) is 4.52. The molecule has 104 valence electrons. The molecule has 0 aliphatic carbocycles. The molecule has 0 saturated heterocycles. The summed E-state index contributed by atoms with van der Waals surface area (Å²) in [4.78, 5) is 0. The number of nitrogens with zero attached hydrogens (tertiary/aromatic N) is 1. The zero-order chi connectivity index (χ0) is 14.2. The summed E-state index contributed by atoms with van der Waals surface area (Å²) in [6, 6.07) is 12.1. The molecule has 0 radical (unpaired) electrons. The van der Waals surface area contributed by atoms with Crippen LogP contribution < -0.4 is 9.30 Å². The highest BCUT2D eigenvalue weighted by Crippen LogP contribution is 2.14. The molecule has 3 heteroatoms. The number of pyridine rings is 1. The lowest BCUT2D eigenvalue weighted by Gasteiger charge is -2.04. The minimum absolute atomic E-state index is 0.162. The Labute approximate surface area is 119 Å². The van der Waals surface area contributed by atoms with E-state index in [1.54, 1.807) is 0 Å². The van der Waals surface area contributed by atoms with Gasteiger partial charge in [0.1, 0.15) is 12.8 Å². The average molecular weight is 270 g/mol. The Morgan fingerprint density at radius 1 is 1.00 bits per heavy atom. The molecule has 1 aromatic heterocycles. The molecule has 0 bridgehead atoms. The van der Waals surface area contributed by atoms with Crippen LogP contribution in [0.4, 0.5) is 0 Å². The molecular formula is C17H20NO2+. The number of benzene rings is 1. The van der Waals surface area contributed by atoms with Crippen molar-refractivity contribution in [2.45, 2.75) is 6.42 Å². The van der Waals surface area contributed by atoms with E-state index in [0.29, 0.717) is 13.0 Å². The highest BCUT2D eigenvalue weighted by molar-refractivity contribution is 5.69. The van der Waals surface area contributed by atoms with Gasteiger partial charge in [-0.05, 0) is 23.3 Å². The minimum atomic E-state index is 0.162. The van der Waals surface area contributed by atoms with Gasteiger partial charge in [0.15, 0.2) is 12.4 Å². The number of aliphatic hydroxyl groups is 1. The third-order valence-corrected chi connectivity index (χ3v) is 2.92. The van der Waals surface area contributed by atoms with Crippen molar-refractivity contribution in [2.24, 2.45) is 7.05 Å². The fraction of sp³-hybridized carbons (Fsp3) is 0.235. The van der Waals surface area contributed by atoms with Gasteiger partial charge in [0, 0.05) is 25.2 Å². The number of aliphatic hydroxyl groups excluding tert-OH is 1. The summed E-state index contributed by atoms with van der Waals surface area (Å²) in [5, 5.41) is 8.69. The second-order valence-corrected chi connectivity index (χ2v) is 4.62. The molecule has 2 rings (SSSR count). The topological polar surface area (TPSA) is 33.3 Å². The van der Waals surface area contributed by atoms with Crippen LogP contribution >= 0.6 is 0 Å². The van der Waals surface area contributed by atoms with Gasteiger partial charge in [-0.1, -0.05) is 24.3 Å². The van der Waals surface area contributed by atoms with Crippen molar-refractivity contribution in [3.8, 4) is 5.75 Å². The van der Waals surface area contributed by atoms with E-state index < -0.39 is 0 Å². The number of ether oxygens (including phenoxy) is 1. The van der Waals surface area contributed by atoms with Crippen LogP contribution in [0.2, 0.25) is 0 Å². The van der Waals surface area contributed by atoms with E-state index in [1.807, 2.05) is 48.3 Å². The molecule has 0 aliphatic heterocycles. The van der Waals surface area contributed by atoms with E-state index >= 15 is 0 Å². The number of hydrogen-bond donors (Lipinski definition) is 1. The van der Waals surface area contributed by atoms with Crippen molar-refractivity contribution >= 4 is 12.2 Å². The van der Waals surface area contributed by atoms with Gasteiger partial charge in [0.25, 0.3) is 0 Å². The van der Waals surface area contributed by atoms with Gasteiger partial charge in [-0.15, -0.1) is 0 Å².